The number of nitrogens with one attached hydrogen (secondary N) is 3. The first-order valence-electron chi connectivity index (χ1n) is 9.22. The highest BCUT2D eigenvalue weighted by Gasteiger charge is 2.07. The maximum absolute atomic E-state index is 11.8. The van der Waals surface area contributed by atoms with E-state index in [2.05, 4.69) is 64.0 Å². The van der Waals surface area contributed by atoms with Crippen molar-refractivity contribution in [2.45, 2.75) is 13.8 Å². The van der Waals surface area contributed by atoms with E-state index in [1.807, 2.05) is 0 Å². The summed E-state index contributed by atoms with van der Waals surface area (Å²) in [7, 11) is 1.73. The predicted molar refractivity (Wildman–Crippen MR) is 109 cm³/mol. The number of hydrogen-bond donors (Lipinski definition) is 3. The first kappa shape index (κ1) is 20.4. The lowest BCUT2D eigenvalue weighted by Gasteiger charge is -2.24. The molecule has 2 aromatic rings. The average molecular weight is 371 g/mol. The first-order valence-corrected chi connectivity index (χ1v) is 9.22. The molecule has 1 aromatic heterocycles. The lowest BCUT2D eigenvalue weighted by molar-refractivity contribution is 0.0926. The minimum atomic E-state index is -0.221. The predicted octanol–water partition coefficient (Wildman–Crippen LogP) is 2.01. The van der Waals surface area contributed by atoms with Crippen LogP contribution in [0.1, 0.15) is 23.0 Å². The van der Waals surface area contributed by atoms with Crippen LogP contribution in [0.2, 0.25) is 0 Å². The van der Waals surface area contributed by atoms with Crippen molar-refractivity contribution in [3.05, 3.63) is 54.0 Å². The number of carbonyl (C=O) groups is 1. The molecule has 0 saturated heterocycles. The van der Waals surface area contributed by atoms with Crippen LogP contribution in [0.15, 0.2) is 52.1 Å². The van der Waals surface area contributed by atoms with Gasteiger partial charge in [-0.1, -0.05) is 12.1 Å². The van der Waals surface area contributed by atoms with Gasteiger partial charge in [-0.25, -0.2) is 0 Å². The van der Waals surface area contributed by atoms with Crippen LogP contribution in [0.3, 0.4) is 0 Å². The van der Waals surface area contributed by atoms with Crippen LogP contribution in [0.4, 0.5) is 5.69 Å². The summed E-state index contributed by atoms with van der Waals surface area (Å²) in [5, 5.41) is 9.27. The second kappa shape index (κ2) is 10.9. The molecule has 0 bridgehead atoms. The lowest BCUT2D eigenvalue weighted by atomic mass is 10.2. The van der Waals surface area contributed by atoms with Gasteiger partial charge in [0.15, 0.2) is 11.7 Å². The fourth-order valence-corrected chi connectivity index (χ4v) is 2.68. The molecule has 1 aromatic carbocycles. The van der Waals surface area contributed by atoms with E-state index >= 15 is 0 Å². The van der Waals surface area contributed by atoms with Gasteiger partial charge >= 0.3 is 0 Å². The van der Waals surface area contributed by atoms with Gasteiger partial charge in [0.25, 0.3) is 5.91 Å². The molecule has 0 saturated carbocycles. The van der Waals surface area contributed by atoms with Crippen molar-refractivity contribution in [3.63, 3.8) is 0 Å². The fraction of sp³-hybridized carbons (Fsp3) is 0.400. The van der Waals surface area contributed by atoms with Gasteiger partial charge in [-0.05, 0) is 43.7 Å². The number of likely N-dealkylation sites (N-methyl/N-ethyl adjacent to an activating group) is 1. The Hall–Kier alpha value is -2.96. The van der Waals surface area contributed by atoms with E-state index in [1.165, 1.54) is 17.5 Å². The zero-order valence-electron chi connectivity index (χ0n) is 16.3. The highest BCUT2D eigenvalue weighted by molar-refractivity contribution is 5.91. The zero-order chi connectivity index (χ0) is 19.5. The van der Waals surface area contributed by atoms with Crippen molar-refractivity contribution in [2.24, 2.45) is 4.99 Å². The summed E-state index contributed by atoms with van der Waals surface area (Å²) in [4.78, 5) is 18.3. The topological polar surface area (TPSA) is 81.9 Å². The number of carbonyl (C=O) groups excluding carboxylic acids is 1. The van der Waals surface area contributed by atoms with Crippen LogP contribution in [-0.2, 0) is 0 Å². The Bertz CT molecular complexity index is 728. The van der Waals surface area contributed by atoms with Crippen LogP contribution < -0.4 is 20.9 Å². The Balaban J connectivity index is 1.68. The van der Waals surface area contributed by atoms with E-state index in [-0.39, 0.29) is 5.91 Å². The maximum Gasteiger partial charge on any atom is 0.287 e. The molecule has 1 heterocycles. The van der Waals surface area contributed by atoms with Gasteiger partial charge in [0.2, 0.25) is 0 Å². The van der Waals surface area contributed by atoms with Crippen molar-refractivity contribution < 1.29 is 9.21 Å². The molecule has 7 heteroatoms. The van der Waals surface area contributed by atoms with Gasteiger partial charge < -0.3 is 25.3 Å². The largest absolute Gasteiger partial charge is 0.459 e. The molecular weight excluding hydrogens is 342 g/mol. The van der Waals surface area contributed by atoms with Gasteiger partial charge in [-0.3, -0.25) is 9.79 Å². The minimum Gasteiger partial charge on any atom is -0.459 e. The Kier molecular flexibility index (Phi) is 8.22. The van der Waals surface area contributed by atoms with Gasteiger partial charge in [-0.2, -0.15) is 0 Å². The molecule has 0 aliphatic heterocycles. The third-order valence-corrected chi connectivity index (χ3v) is 4.09. The van der Waals surface area contributed by atoms with E-state index in [0.29, 0.717) is 24.8 Å². The summed E-state index contributed by atoms with van der Waals surface area (Å²) in [6.45, 7) is 7.88. The van der Waals surface area contributed by atoms with Gasteiger partial charge in [0, 0.05) is 45.5 Å². The van der Waals surface area contributed by atoms with Crippen LogP contribution in [-0.4, -0.2) is 51.6 Å². The summed E-state index contributed by atoms with van der Waals surface area (Å²) in [6.07, 6.45) is 1.48. The molecule has 0 atom stereocenters. The van der Waals surface area contributed by atoms with Crippen molar-refractivity contribution in [1.82, 2.24) is 16.0 Å². The number of aliphatic imine (C=N–C) groups is 1. The Morgan fingerprint density at radius 2 is 1.89 bits per heavy atom. The number of aryl methyl sites for hydroxylation is 1. The molecule has 0 unspecified atom stereocenters. The minimum absolute atomic E-state index is 0.221. The van der Waals surface area contributed by atoms with E-state index in [9.17, 15) is 4.79 Å². The normalized spacial score (nSPS) is 11.1. The molecule has 27 heavy (non-hydrogen) atoms. The molecule has 146 valence electrons. The molecule has 2 rings (SSSR count). The highest BCUT2D eigenvalue weighted by Crippen LogP contribution is 2.14. The number of hydrogen-bond acceptors (Lipinski definition) is 4. The molecule has 0 aliphatic rings. The second-order valence-electron chi connectivity index (χ2n) is 6.08. The maximum atomic E-state index is 11.8. The molecule has 0 radical (unpaired) electrons. The number of anilines is 1. The monoisotopic (exact) mass is 371 g/mol. The number of rotatable bonds is 9. The second-order valence-corrected chi connectivity index (χ2v) is 6.08. The van der Waals surface area contributed by atoms with E-state index < -0.39 is 0 Å². The standard InChI is InChI=1S/C20H29N5O2/c1-4-25(17-8-5-7-16(2)15-17)13-12-24-20(21-3)23-11-10-22-19(26)18-9-6-14-27-18/h5-9,14-15H,4,10-13H2,1-3H3,(H,22,26)(H2,21,23,24). The lowest BCUT2D eigenvalue weighted by Crippen LogP contribution is -2.44. The number of amides is 1. The van der Waals surface area contributed by atoms with Gasteiger partial charge in [0.05, 0.1) is 6.26 Å². The Morgan fingerprint density at radius 3 is 2.56 bits per heavy atom. The molecule has 0 aliphatic carbocycles. The summed E-state index contributed by atoms with van der Waals surface area (Å²) >= 11 is 0. The molecule has 1 amide bonds. The number of furan rings is 1. The Morgan fingerprint density at radius 1 is 1.11 bits per heavy atom. The number of guanidine groups is 1. The third kappa shape index (κ3) is 6.69. The van der Waals surface area contributed by atoms with Crippen LogP contribution in [0.5, 0.6) is 0 Å². The van der Waals surface area contributed by atoms with Crippen LogP contribution in [0.25, 0.3) is 0 Å². The molecular formula is C20H29N5O2. The van der Waals surface area contributed by atoms with Crippen LogP contribution >= 0.6 is 0 Å². The van der Waals surface area contributed by atoms with E-state index in [4.69, 9.17) is 4.42 Å². The number of benzene rings is 1. The summed E-state index contributed by atoms with van der Waals surface area (Å²) in [5.74, 6) is 0.803. The summed E-state index contributed by atoms with van der Waals surface area (Å²) in [6, 6.07) is 11.8. The van der Waals surface area contributed by atoms with Crippen molar-refractivity contribution in [3.8, 4) is 0 Å². The zero-order valence-corrected chi connectivity index (χ0v) is 16.3. The summed E-state index contributed by atoms with van der Waals surface area (Å²) < 4.78 is 5.05. The molecule has 3 N–H and O–H groups in total. The van der Waals surface area contributed by atoms with Crippen molar-refractivity contribution >= 4 is 17.6 Å². The van der Waals surface area contributed by atoms with Crippen molar-refractivity contribution in [1.29, 1.82) is 0 Å². The first-order chi connectivity index (χ1) is 13.1. The quantitative estimate of drug-likeness (QED) is 0.357. The van der Waals surface area contributed by atoms with E-state index in [1.54, 1.807) is 19.2 Å². The van der Waals surface area contributed by atoms with Gasteiger partial charge in [-0.15, -0.1) is 0 Å². The number of nitrogens with zero attached hydrogens (tertiary/aromatic N) is 2. The van der Waals surface area contributed by atoms with Crippen molar-refractivity contribution in [2.75, 3.05) is 44.7 Å². The van der Waals surface area contributed by atoms with Gasteiger partial charge in [0.1, 0.15) is 0 Å². The molecule has 7 nitrogen and oxygen atoms in total. The molecule has 0 fully saturated rings. The molecule has 0 spiro atoms. The SMILES string of the molecule is CCN(CCNC(=NC)NCCNC(=O)c1ccco1)c1cccc(C)c1. The smallest absolute Gasteiger partial charge is 0.287 e. The third-order valence-electron chi connectivity index (χ3n) is 4.09. The highest BCUT2D eigenvalue weighted by atomic mass is 16.3. The van der Waals surface area contributed by atoms with Crippen LogP contribution in [0, 0.1) is 6.92 Å². The van der Waals surface area contributed by atoms with E-state index in [0.717, 1.165) is 19.6 Å². The summed E-state index contributed by atoms with van der Waals surface area (Å²) in [5.41, 5.74) is 2.48. The average Bonchev–Trinajstić information content (AvgIpc) is 3.21. The Labute approximate surface area is 160 Å². The fourth-order valence-electron chi connectivity index (χ4n) is 2.68.